The Hall–Kier alpha value is -1.55. The summed E-state index contributed by atoms with van der Waals surface area (Å²) < 4.78 is 4.98. The molecule has 0 spiro atoms. The van der Waals surface area contributed by atoms with Crippen LogP contribution in [0.4, 0.5) is 5.82 Å². The fourth-order valence-electron chi connectivity index (χ4n) is 1.12. The van der Waals surface area contributed by atoms with Crippen molar-refractivity contribution in [3.05, 3.63) is 24.3 Å². The molecule has 0 radical (unpaired) electrons. The summed E-state index contributed by atoms with van der Waals surface area (Å²) in [4.78, 5) is 8.31. The van der Waals surface area contributed by atoms with Crippen LogP contribution in [0.15, 0.2) is 24.3 Å². The predicted molar refractivity (Wildman–Crippen MR) is 57.8 cm³/mol. The molecule has 5 heteroatoms. The van der Waals surface area contributed by atoms with Crippen molar-refractivity contribution in [2.24, 2.45) is 0 Å². The smallest absolute Gasteiger partial charge is 0.213 e. The van der Waals surface area contributed by atoms with E-state index in [1.54, 1.807) is 19.2 Å². The van der Waals surface area contributed by atoms with E-state index in [4.69, 9.17) is 10.5 Å². The Morgan fingerprint density at radius 3 is 2.43 bits per heavy atom. The van der Waals surface area contributed by atoms with E-state index in [9.17, 15) is 0 Å². The standard InChI is InChI=1S/C9H9N3O.ClH/c1-13-9-5-3-6-7(12-9)2-4-8(10)11-6;/h2-5H,1H3,(H2,10,11);1H. The molecule has 0 aromatic carbocycles. The minimum atomic E-state index is 0. The van der Waals surface area contributed by atoms with Crippen molar-refractivity contribution in [1.82, 2.24) is 9.97 Å². The number of rotatable bonds is 1. The molecule has 0 bridgehead atoms. The third-order valence-electron chi connectivity index (χ3n) is 1.75. The summed E-state index contributed by atoms with van der Waals surface area (Å²) in [5.74, 6) is 1.08. The molecule has 0 atom stereocenters. The number of aromatic nitrogens is 2. The molecule has 0 saturated carbocycles. The van der Waals surface area contributed by atoms with Crippen molar-refractivity contribution in [2.45, 2.75) is 0 Å². The second kappa shape index (κ2) is 4.11. The van der Waals surface area contributed by atoms with Gasteiger partial charge in [-0.15, -0.1) is 12.4 Å². The summed E-state index contributed by atoms with van der Waals surface area (Å²) in [6, 6.07) is 7.13. The zero-order valence-electron chi connectivity index (χ0n) is 7.60. The van der Waals surface area contributed by atoms with Gasteiger partial charge in [-0.05, 0) is 18.2 Å². The molecule has 74 valence electrons. The van der Waals surface area contributed by atoms with Gasteiger partial charge in [-0.1, -0.05) is 0 Å². The highest BCUT2D eigenvalue weighted by atomic mass is 35.5. The fraction of sp³-hybridized carbons (Fsp3) is 0.111. The normalized spacial score (nSPS) is 9.50. The van der Waals surface area contributed by atoms with Gasteiger partial charge in [-0.2, -0.15) is 0 Å². The van der Waals surface area contributed by atoms with Crippen LogP contribution in [0, 0.1) is 0 Å². The van der Waals surface area contributed by atoms with Gasteiger partial charge in [0.05, 0.1) is 18.1 Å². The largest absolute Gasteiger partial charge is 0.481 e. The summed E-state index contributed by atoms with van der Waals surface area (Å²) in [5.41, 5.74) is 7.09. The molecule has 0 fully saturated rings. The van der Waals surface area contributed by atoms with Gasteiger partial charge in [0.1, 0.15) is 5.82 Å². The lowest BCUT2D eigenvalue weighted by Gasteiger charge is -2.00. The molecule has 4 nitrogen and oxygen atoms in total. The van der Waals surface area contributed by atoms with Gasteiger partial charge < -0.3 is 10.5 Å². The first-order chi connectivity index (χ1) is 6.29. The highest BCUT2D eigenvalue weighted by Crippen LogP contribution is 2.15. The summed E-state index contributed by atoms with van der Waals surface area (Å²) >= 11 is 0. The minimum Gasteiger partial charge on any atom is -0.481 e. The van der Waals surface area contributed by atoms with Crippen molar-refractivity contribution in [3.8, 4) is 5.88 Å². The summed E-state index contributed by atoms with van der Waals surface area (Å²) in [5, 5.41) is 0. The number of methoxy groups -OCH3 is 1. The first-order valence-corrected chi connectivity index (χ1v) is 3.87. The topological polar surface area (TPSA) is 61.0 Å². The van der Waals surface area contributed by atoms with Crippen LogP contribution in [0.3, 0.4) is 0 Å². The van der Waals surface area contributed by atoms with Gasteiger partial charge in [0.2, 0.25) is 5.88 Å². The number of fused-ring (bicyclic) bond motifs is 1. The predicted octanol–water partition coefficient (Wildman–Crippen LogP) is 1.64. The summed E-state index contributed by atoms with van der Waals surface area (Å²) in [7, 11) is 1.58. The van der Waals surface area contributed by atoms with E-state index in [1.807, 2.05) is 12.1 Å². The minimum absolute atomic E-state index is 0. The average molecular weight is 212 g/mol. The number of nitrogen functional groups attached to an aromatic ring is 1. The van der Waals surface area contributed by atoms with Crippen LogP contribution < -0.4 is 10.5 Å². The Morgan fingerprint density at radius 2 is 1.71 bits per heavy atom. The van der Waals surface area contributed by atoms with Crippen LogP contribution in [0.1, 0.15) is 0 Å². The maximum absolute atomic E-state index is 5.52. The Labute approximate surface area is 87.5 Å². The molecule has 0 aliphatic rings. The van der Waals surface area contributed by atoms with E-state index in [1.165, 1.54) is 0 Å². The van der Waals surface area contributed by atoms with Gasteiger partial charge in [0.15, 0.2) is 0 Å². The molecule has 2 N–H and O–H groups in total. The number of anilines is 1. The van der Waals surface area contributed by atoms with E-state index in [-0.39, 0.29) is 12.4 Å². The number of ether oxygens (including phenoxy) is 1. The molecule has 2 aromatic rings. The Balaban J connectivity index is 0.000000980. The average Bonchev–Trinajstić information content (AvgIpc) is 2.17. The van der Waals surface area contributed by atoms with Gasteiger partial charge in [0.25, 0.3) is 0 Å². The van der Waals surface area contributed by atoms with Gasteiger partial charge >= 0.3 is 0 Å². The van der Waals surface area contributed by atoms with E-state index >= 15 is 0 Å². The van der Waals surface area contributed by atoms with E-state index in [2.05, 4.69) is 9.97 Å². The second-order valence-corrected chi connectivity index (χ2v) is 2.63. The van der Waals surface area contributed by atoms with E-state index in [0.717, 1.165) is 11.0 Å². The van der Waals surface area contributed by atoms with Crippen LogP contribution in [0.5, 0.6) is 5.88 Å². The van der Waals surface area contributed by atoms with Crippen molar-refractivity contribution < 1.29 is 4.74 Å². The maximum atomic E-state index is 5.52. The summed E-state index contributed by atoms with van der Waals surface area (Å²) in [6.45, 7) is 0. The SMILES string of the molecule is COc1ccc2nc(N)ccc2n1.Cl. The van der Waals surface area contributed by atoms with Gasteiger partial charge in [0, 0.05) is 6.07 Å². The van der Waals surface area contributed by atoms with E-state index < -0.39 is 0 Å². The van der Waals surface area contributed by atoms with Gasteiger partial charge in [-0.25, -0.2) is 9.97 Å². The maximum Gasteiger partial charge on any atom is 0.213 e. The lowest BCUT2D eigenvalue weighted by Crippen LogP contribution is -1.92. The highest BCUT2D eigenvalue weighted by Gasteiger charge is 1.98. The number of hydrogen-bond donors (Lipinski definition) is 1. The summed E-state index contributed by atoms with van der Waals surface area (Å²) in [6.07, 6.45) is 0. The van der Waals surface area contributed by atoms with Crippen LogP contribution in [0.2, 0.25) is 0 Å². The Kier molecular flexibility index (Phi) is 3.09. The lowest BCUT2D eigenvalue weighted by molar-refractivity contribution is 0.399. The number of nitrogens with two attached hydrogens (primary N) is 1. The molecule has 0 aliphatic heterocycles. The third kappa shape index (κ3) is 1.85. The van der Waals surface area contributed by atoms with Crippen LogP contribution >= 0.6 is 12.4 Å². The van der Waals surface area contributed by atoms with Crippen molar-refractivity contribution in [2.75, 3.05) is 12.8 Å². The number of hydrogen-bond acceptors (Lipinski definition) is 4. The van der Waals surface area contributed by atoms with Crippen LogP contribution in [-0.2, 0) is 0 Å². The molecular formula is C9H10ClN3O. The molecule has 0 saturated heterocycles. The molecule has 0 aliphatic carbocycles. The monoisotopic (exact) mass is 211 g/mol. The van der Waals surface area contributed by atoms with Crippen LogP contribution in [0.25, 0.3) is 11.0 Å². The number of nitrogens with zero attached hydrogens (tertiary/aromatic N) is 2. The Morgan fingerprint density at radius 1 is 1.07 bits per heavy atom. The highest BCUT2D eigenvalue weighted by molar-refractivity contribution is 5.85. The molecular weight excluding hydrogens is 202 g/mol. The first-order valence-electron chi connectivity index (χ1n) is 3.87. The molecule has 0 amide bonds. The van der Waals surface area contributed by atoms with Gasteiger partial charge in [-0.3, -0.25) is 0 Å². The van der Waals surface area contributed by atoms with Crippen molar-refractivity contribution >= 4 is 29.3 Å². The van der Waals surface area contributed by atoms with Crippen LogP contribution in [-0.4, -0.2) is 17.1 Å². The van der Waals surface area contributed by atoms with Crippen molar-refractivity contribution in [1.29, 1.82) is 0 Å². The third-order valence-corrected chi connectivity index (χ3v) is 1.75. The number of halogens is 1. The lowest BCUT2D eigenvalue weighted by atomic mass is 10.3. The second-order valence-electron chi connectivity index (χ2n) is 2.63. The number of pyridine rings is 2. The molecule has 0 unspecified atom stereocenters. The van der Waals surface area contributed by atoms with E-state index in [0.29, 0.717) is 11.7 Å². The van der Waals surface area contributed by atoms with Crippen molar-refractivity contribution in [3.63, 3.8) is 0 Å². The zero-order valence-corrected chi connectivity index (χ0v) is 8.41. The molecule has 2 heterocycles. The Bertz CT molecular complexity index is 447. The molecule has 2 rings (SSSR count). The first kappa shape index (κ1) is 10.5. The molecule has 14 heavy (non-hydrogen) atoms. The zero-order chi connectivity index (χ0) is 9.26. The fourth-order valence-corrected chi connectivity index (χ4v) is 1.12. The quantitative estimate of drug-likeness (QED) is 0.779. The molecule has 2 aromatic heterocycles.